The molecule has 1 aromatic rings. The summed E-state index contributed by atoms with van der Waals surface area (Å²) in [6.45, 7) is 7.76. The van der Waals surface area contributed by atoms with Gasteiger partial charge in [-0.3, -0.25) is 0 Å². The Hall–Kier alpha value is -2.24. The van der Waals surface area contributed by atoms with Crippen molar-refractivity contribution in [2.45, 2.75) is 44.6 Å². The van der Waals surface area contributed by atoms with E-state index in [-0.39, 0.29) is 17.5 Å². The molecule has 0 radical (unpaired) electrons. The number of likely N-dealkylation sites (tertiary alicyclic amines) is 1. The van der Waals surface area contributed by atoms with Gasteiger partial charge in [0.25, 0.3) is 0 Å². The average molecular weight is 346 g/mol. The fourth-order valence-corrected chi connectivity index (χ4v) is 3.63. The molecule has 1 aromatic carbocycles. The molecule has 25 heavy (non-hydrogen) atoms. The van der Waals surface area contributed by atoms with E-state index in [1.54, 1.807) is 11.0 Å². The number of nitrogens with zero attached hydrogens (tertiary/aromatic N) is 1. The van der Waals surface area contributed by atoms with Crippen molar-refractivity contribution in [3.05, 3.63) is 29.3 Å². The third-order valence-electron chi connectivity index (χ3n) is 5.00. The summed E-state index contributed by atoms with van der Waals surface area (Å²) in [7, 11) is 1.39. The Labute approximate surface area is 148 Å². The third-order valence-corrected chi connectivity index (χ3v) is 5.00. The van der Waals surface area contributed by atoms with E-state index in [1.165, 1.54) is 7.11 Å². The highest BCUT2D eigenvalue weighted by molar-refractivity contribution is 5.90. The molecule has 0 unspecified atom stereocenters. The lowest BCUT2D eigenvalue weighted by Gasteiger charge is -2.39. The van der Waals surface area contributed by atoms with Crippen molar-refractivity contribution in [1.29, 1.82) is 0 Å². The van der Waals surface area contributed by atoms with Gasteiger partial charge in [0.15, 0.2) is 0 Å². The minimum atomic E-state index is -0.483. The molecule has 0 bridgehead atoms. The maximum Gasteiger partial charge on any atom is 0.410 e. The molecule has 1 amide bonds. The second-order valence-electron chi connectivity index (χ2n) is 7.85. The molecular weight excluding hydrogens is 320 g/mol. The van der Waals surface area contributed by atoms with Crippen LogP contribution in [0, 0.1) is 0 Å². The lowest BCUT2D eigenvalue weighted by molar-refractivity contribution is 0.0172. The summed E-state index contributed by atoms with van der Waals surface area (Å²) in [6.07, 6.45) is 1.44. The minimum Gasteiger partial charge on any atom is -0.465 e. The molecule has 0 saturated carbocycles. The number of hydrogen-bond donors (Lipinski definition) is 1. The van der Waals surface area contributed by atoms with Crippen molar-refractivity contribution in [3.63, 3.8) is 0 Å². The number of amides is 1. The van der Waals surface area contributed by atoms with Crippen LogP contribution in [0.5, 0.6) is 0 Å². The van der Waals surface area contributed by atoms with Crippen molar-refractivity contribution in [2.75, 3.05) is 32.1 Å². The predicted octanol–water partition coefficient (Wildman–Crippen LogP) is 3.17. The standard InChI is InChI=1S/C19H26N2O4/c1-18(2,3)25-17(23)21-9-7-19(8-10-21)12-20-15-6-5-13(11-14(15)19)16(22)24-4/h5-6,11,20H,7-10,12H2,1-4H3. The van der Waals surface area contributed by atoms with E-state index in [9.17, 15) is 9.59 Å². The molecule has 2 heterocycles. The van der Waals surface area contributed by atoms with E-state index in [0.717, 1.165) is 30.6 Å². The van der Waals surface area contributed by atoms with Crippen LogP contribution in [-0.4, -0.2) is 49.3 Å². The number of methoxy groups -OCH3 is 1. The molecule has 1 saturated heterocycles. The van der Waals surface area contributed by atoms with Crippen LogP contribution in [-0.2, 0) is 14.9 Å². The summed E-state index contributed by atoms with van der Waals surface area (Å²) in [6, 6.07) is 5.66. The molecule has 1 fully saturated rings. The van der Waals surface area contributed by atoms with E-state index >= 15 is 0 Å². The Kier molecular flexibility index (Phi) is 4.39. The molecule has 0 atom stereocenters. The molecule has 0 aliphatic carbocycles. The fraction of sp³-hybridized carbons (Fsp3) is 0.579. The van der Waals surface area contributed by atoms with Crippen molar-refractivity contribution < 1.29 is 19.1 Å². The van der Waals surface area contributed by atoms with Gasteiger partial charge in [-0.15, -0.1) is 0 Å². The van der Waals surface area contributed by atoms with Gasteiger partial charge in [-0.1, -0.05) is 0 Å². The van der Waals surface area contributed by atoms with Crippen LogP contribution in [0.1, 0.15) is 49.5 Å². The average Bonchev–Trinajstić information content (AvgIpc) is 2.91. The second kappa shape index (κ2) is 6.24. The SMILES string of the molecule is COC(=O)c1ccc2c(c1)C1(CCN(C(=O)OC(C)(C)C)CC1)CN2. The first-order valence-electron chi connectivity index (χ1n) is 8.69. The van der Waals surface area contributed by atoms with E-state index in [1.807, 2.05) is 32.9 Å². The number of carbonyl (C=O) groups is 2. The van der Waals surface area contributed by atoms with Crippen molar-refractivity contribution in [2.24, 2.45) is 0 Å². The number of ether oxygens (including phenoxy) is 2. The molecule has 6 nitrogen and oxygen atoms in total. The molecule has 3 rings (SSSR count). The minimum absolute atomic E-state index is 0.0438. The lowest BCUT2D eigenvalue weighted by Crippen LogP contribution is -2.47. The zero-order chi connectivity index (χ0) is 18.2. The number of nitrogens with one attached hydrogen (secondary N) is 1. The highest BCUT2D eigenvalue weighted by Crippen LogP contribution is 2.44. The van der Waals surface area contributed by atoms with Gasteiger partial charge in [-0.05, 0) is 57.4 Å². The topological polar surface area (TPSA) is 67.9 Å². The highest BCUT2D eigenvalue weighted by atomic mass is 16.6. The molecule has 0 aromatic heterocycles. The zero-order valence-corrected chi connectivity index (χ0v) is 15.3. The fourth-order valence-electron chi connectivity index (χ4n) is 3.63. The molecule has 1 N–H and O–H groups in total. The Morgan fingerprint density at radius 1 is 1.20 bits per heavy atom. The van der Waals surface area contributed by atoms with Gasteiger partial charge in [0.2, 0.25) is 0 Å². The molecular formula is C19H26N2O4. The first-order chi connectivity index (χ1) is 11.7. The smallest absolute Gasteiger partial charge is 0.410 e. The molecule has 2 aliphatic heterocycles. The Morgan fingerprint density at radius 3 is 2.48 bits per heavy atom. The van der Waals surface area contributed by atoms with Crippen LogP contribution in [0.2, 0.25) is 0 Å². The van der Waals surface area contributed by atoms with Gasteiger partial charge < -0.3 is 19.7 Å². The van der Waals surface area contributed by atoms with Gasteiger partial charge >= 0.3 is 12.1 Å². The van der Waals surface area contributed by atoms with Gasteiger partial charge in [0.05, 0.1) is 12.7 Å². The van der Waals surface area contributed by atoms with E-state index in [4.69, 9.17) is 9.47 Å². The van der Waals surface area contributed by atoms with Crippen LogP contribution < -0.4 is 5.32 Å². The van der Waals surface area contributed by atoms with Gasteiger partial charge in [-0.25, -0.2) is 9.59 Å². The third kappa shape index (κ3) is 3.43. The molecule has 1 spiro atoms. The number of hydrogen-bond acceptors (Lipinski definition) is 5. The van der Waals surface area contributed by atoms with Crippen molar-refractivity contribution in [3.8, 4) is 0 Å². The number of carbonyl (C=O) groups excluding carboxylic acids is 2. The number of rotatable bonds is 1. The first kappa shape index (κ1) is 17.6. The van der Waals surface area contributed by atoms with Crippen molar-refractivity contribution in [1.82, 2.24) is 4.90 Å². The quantitative estimate of drug-likeness (QED) is 0.791. The summed E-state index contributed by atoms with van der Waals surface area (Å²) >= 11 is 0. The van der Waals surface area contributed by atoms with Crippen LogP contribution in [0.3, 0.4) is 0 Å². The second-order valence-corrected chi connectivity index (χ2v) is 7.85. The van der Waals surface area contributed by atoms with E-state index in [2.05, 4.69) is 5.32 Å². The summed E-state index contributed by atoms with van der Waals surface area (Å²) < 4.78 is 10.3. The number of esters is 1. The Morgan fingerprint density at radius 2 is 1.88 bits per heavy atom. The monoisotopic (exact) mass is 346 g/mol. The molecule has 136 valence electrons. The van der Waals surface area contributed by atoms with Crippen molar-refractivity contribution >= 4 is 17.7 Å². The van der Waals surface area contributed by atoms with Crippen LogP contribution in [0.15, 0.2) is 18.2 Å². The van der Waals surface area contributed by atoms with Crippen LogP contribution in [0.4, 0.5) is 10.5 Å². The Bertz CT molecular complexity index is 685. The maximum absolute atomic E-state index is 12.3. The summed E-state index contributed by atoms with van der Waals surface area (Å²) in [5, 5.41) is 3.44. The van der Waals surface area contributed by atoms with Crippen LogP contribution >= 0.6 is 0 Å². The van der Waals surface area contributed by atoms with Gasteiger partial charge in [0, 0.05) is 30.7 Å². The summed E-state index contributed by atoms with van der Waals surface area (Å²) in [5.41, 5.74) is 2.26. The predicted molar refractivity (Wildman–Crippen MR) is 95.0 cm³/mol. The summed E-state index contributed by atoms with van der Waals surface area (Å²) in [4.78, 5) is 25.9. The molecule has 6 heteroatoms. The maximum atomic E-state index is 12.3. The normalized spacial score (nSPS) is 18.5. The van der Waals surface area contributed by atoms with Crippen LogP contribution in [0.25, 0.3) is 0 Å². The first-order valence-corrected chi connectivity index (χ1v) is 8.69. The number of benzene rings is 1. The lowest BCUT2D eigenvalue weighted by atomic mass is 9.74. The number of piperidine rings is 1. The number of anilines is 1. The zero-order valence-electron chi connectivity index (χ0n) is 15.3. The Balaban J connectivity index is 1.75. The molecule has 2 aliphatic rings. The van der Waals surface area contributed by atoms with E-state index < -0.39 is 5.60 Å². The largest absolute Gasteiger partial charge is 0.465 e. The number of fused-ring (bicyclic) bond motifs is 2. The highest BCUT2D eigenvalue weighted by Gasteiger charge is 2.43. The van der Waals surface area contributed by atoms with Gasteiger partial charge in [-0.2, -0.15) is 0 Å². The summed E-state index contributed by atoms with van der Waals surface area (Å²) in [5.74, 6) is -0.323. The van der Waals surface area contributed by atoms with Gasteiger partial charge in [0.1, 0.15) is 5.60 Å². The van der Waals surface area contributed by atoms with E-state index in [0.29, 0.717) is 18.7 Å².